The Morgan fingerprint density at radius 1 is 0.861 bits per heavy atom. The number of carbonyl (C=O) groups is 3. The first-order valence-electron chi connectivity index (χ1n) is 12.3. The van der Waals surface area contributed by atoms with Crippen LogP contribution in [-0.4, -0.2) is 35.4 Å². The van der Waals surface area contributed by atoms with Gasteiger partial charge < -0.3 is 15.4 Å². The van der Waals surface area contributed by atoms with E-state index in [1.165, 1.54) is 4.90 Å². The first-order chi connectivity index (χ1) is 17.6. The summed E-state index contributed by atoms with van der Waals surface area (Å²) in [5.74, 6) is 0.188. The van der Waals surface area contributed by atoms with E-state index in [2.05, 4.69) is 10.6 Å². The van der Waals surface area contributed by atoms with E-state index in [1.54, 1.807) is 24.3 Å². The van der Waals surface area contributed by atoms with Gasteiger partial charge in [0.2, 0.25) is 11.8 Å². The summed E-state index contributed by atoms with van der Waals surface area (Å²) in [6.07, 6.45) is 1.26. The number of rotatable bonds is 9. The van der Waals surface area contributed by atoms with Gasteiger partial charge >= 0.3 is 6.09 Å². The Labute approximate surface area is 210 Å². The van der Waals surface area contributed by atoms with Crippen molar-refractivity contribution in [3.8, 4) is 0 Å². The molecule has 2 aliphatic rings. The summed E-state index contributed by atoms with van der Waals surface area (Å²) < 4.78 is 5.73. The van der Waals surface area contributed by atoms with Crippen molar-refractivity contribution in [3.05, 3.63) is 102 Å². The molecule has 0 aromatic heterocycles. The van der Waals surface area contributed by atoms with Gasteiger partial charge in [0, 0.05) is 12.2 Å². The standard InChI is InChI=1S/C29H29N3O4/c33-25(17-20-7-3-1-4-8-20)31-24-15-13-23(14-16-24)27-26(28(34)30-18-21-11-12-21)32(29(35)36-27)19-22-9-5-2-6-10-22/h1-10,13-16,21,26-27H,11-12,17-19H2,(H,30,34)(H,31,33). The lowest BCUT2D eigenvalue weighted by molar-refractivity contribution is -0.126. The molecule has 0 radical (unpaired) electrons. The molecule has 2 unspecified atom stereocenters. The molecule has 3 amide bonds. The number of ether oxygens (including phenoxy) is 1. The smallest absolute Gasteiger partial charge is 0.411 e. The Bertz CT molecular complexity index is 1210. The zero-order valence-electron chi connectivity index (χ0n) is 19.9. The maximum Gasteiger partial charge on any atom is 0.411 e. The highest BCUT2D eigenvalue weighted by Gasteiger charge is 2.47. The van der Waals surface area contributed by atoms with E-state index in [1.807, 2.05) is 60.7 Å². The second-order valence-electron chi connectivity index (χ2n) is 9.38. The molecule has 3 aromatic rings. The first-order valence-corrected chi connectivity index (χ1v) is 12.3. The van der Waals surface area contributed by atoms with Crippen LogP contribution >= 0.6 is 0 Å². The van der Waals surface area contributed by atoms with Crippen LogP contribution < -0.4 is 10.6 Å². The number of cyclic esters (lactones) is 1. The summed E-state index contributed by atoms with van der Waals surface area (Å²) in [6.45, 7) is 0.896. The molecule has 36 heavy (non-hydrogen) atoms. The number of amides is 3. The fourth-order valence-electron chi connectivity index (χ4n) is 4.40. The van der Waals surface area contributed by atoms with E-state index in [0.29, 0.717) is 23.7 Å². The molecule has 2 fully saturated rings. The van der Waals surface area contributed by atoms with Crippen LogP contribution in [0.1, 0.15) is 35.6 Å². The summed E-state index contributed by atoms with van der Waals surface area (Å²) in [5, 5.41) is 5.91. The van der Waals surface area contributed by atoms with Crippen molar-refractivity contribution >= 4 is 23.6 Å². The Kier molecular flexibility index (Phi) is 6.98. The predicted molar refractivity (Wildman–Crippen MR) is 136 cm³/mol. The van der Waals surface area contributed by atoms with Gasteiger partial charge in [0.25, 0.3) is 0 Å². The van der Waals surface area contributed by atoms with Crippen molar-refractivity contribution in [1.29, 1.82) is 0 Å². The summed E-state index contributed by atoms with van der Waals surface area (Å²) in [4.78, 5) is 40.0. The van der Waals surface area contributed by atoms with Gasteiger partial charge in [0.05, 0.1) is 13.0 Å². The van der Waals surface area contributed by atoms with Gasteiger partial charge in [-0.2, -0.15) is 0 Å². The highest BCUT2D eigenvalue weighted by molar-refractivity contribution is 5.92. The van der Waals surface area contributed by atoms with Crippen molar-refractivity contribution < 1.29 is 19.1 Å². The number of benzene rings is 3. The molecule has 0 spiro atoms. The highest BCUT2D eigenvalue weighted by Crippen LogP contribution is 2.35. The average molecular weight is 484 g/mol. The van der Waals surface area contributed by atoms with Gasteiger partial charge in [-0.05, 0) is 47.6 Å². The van der Waals surface area contributed by atoms with Gasteiger partial charge in [0.15, 0.2) is 12.1 Å². The van der Waals surface area contributed by atoms with Crippen LogP contribution in [0.15, 0.2) is 84.9 Å². The van der Waals surface area contributed by atoms with Crippen LogP contribution in [0.3, 0.4) is 0 Å². The van der Waals surface area contributed by atoms with E-state index >= 15 is 0 Å². The molecule has 2 atom stereocenters. The second kappa shape index (κ2) is 10.6. The Balaban J connectivity index is 1.30. The van der Waals surface area contributed by atoms with Gasteiger partial charge in [-0.1, -0.05) is 72.8 Å². The largest absolute Gasteiger partial charge is 0.438 e. The first kappa shape index (κ1) is 23.6. The third kappa shape index (κ3) is 5.74. The van der Waals surface area contributed by atoms with Crippen molar-refractivity contribution in [2.45, 2.75) is 38.0 Å². The molecular formula is C29H29N3O4. The molecule has 7 nitrogen and oxygen atoms in total. The molecule has 3 aromatic carbocycles. The molecule has 7 heteroatoms. The van der Waals surface area contributed by atoms with E-state index in [9.17, 15) is 14.4 Å². The molecule has 1 aliphatic carbocycles. The molecule has 1 heterocycles. The molecule has 1 saturated carbocycles. The third-order valence-electron chi connectivity index (χ3n) is 6.54. The lowest BCUT2D eigenvalue weighted by Gasteiger charge is -2.24. The van der Waals surface area contributed by atoms with Crippen LogP contribution in [-0.2, 0) is 27.3 Å². The number of carbonyl (C=O) groups excluding carboxylic acids is 3. The lowest BCUT2D eigenvalue weighted by atomic mass is 10.00. The fourth-order valence-corrected chi connectivity index (χ4v) is 4.40. The number of hydrogen-bond acceptors (Lipinski definition) is 4. The van der Waals surface area contributed by atoms with Crippen LogP contribution in [0.25, 0.3) is 0 Å². The minimum Gasteiger partial charge on any atom is -0.438 e. The lowest BCUT2D eigenvalue weighted by Crippen LogP contribution is -2.46. The third-order valence-corrected chi connectivity index (χ3v) is 6.54. The summed E-state index contributed by atoms with van der Waals surface area (Å²) >= 11 is 0. The average Bonchev–Trinajstić information content (AvgIpc) is 3.67. The Hall–Kier alpha value is -4.13. The van der Waals surface area contributed by atoms with Crippen LogP contribution in [0.4, 0.5) is 10.5 Å². The monoisotopic (exact) mass is 483 g/mol. The zero-order valence-corrected chi connectivity index (χ0v) is 19.9. The summed E-state index contributed by atoms with van der Waals surface area (Å²) in [7, 11) is 0. The van der Waals surface area contributed by atoms with Crippen LogP contribution in [0.2, 0.25) is 0 Å². The summed E-state index contributed by atoms with van der Waals surface area (Å²) in [5.41, 5.74) is 3.20. The van der Waals surface area contributed by atoms with Crippen molar-refractivity contribution in [1.82, 2.24) is 10.2 Å². The van der Waals surface area contributed by atoms with E-state index in [0.717, 1.165) is 24.0 Å². The Morgan fingerprint density at radius 2 is 1.50 bits per heavy atom. The normalized spacial score (nSPS) is 19.0. The zero-order chi connectivity index (χ0) is 24.9. The fraction of sp³-hybridized carbons (Fsp3) is 0.276. The van der Waals surface area contributed by atoms with Gasteiger partial charge in [-0.15, -0.1) is 0 Å². The van der Waals surface area contributed by atoms with Crippen LogP contribution in [0.5, 0.6) is 0 Å². The number of anilines is 1. The molecule has 1 saturated heterocycles. The molecular weight excluding hydrogens is 454 g/mol. The molecule has 184 valence electrons. The SMILES string of the molecule is O=C(Cc1ccccc1)Nc1ccc(C2OC(=O)N(Cc3ccccc3)C2C(=O)NCC2CC2)cc1. The number of nitrogens with one attached hydrogen (secondary N) is 2. The maximum absolute atomic E-state index is 13.3. The molecule has 1 aliphatic heterocycles. The van der Waals surface area contributed by atoms with E-state index in [-0.39, 0.29) is 24.8 Å². The van der Waals surface area contributed by atoms with Gasteiger partial charge in [-0.25, -0.2) is 4.79 Å². The van der Waals surface area contributed by atoms with Crippen LogP contribution in [0, 0.1) is 5.92 Å². The highest BCUT2D eigenvalue weighted by atomic mass is 16.6. The topological polar surface area (TPSA) is 87.7 Å². The number of hydrogen-bond donors (Lipinski definition) is 2. The minimum absolute atomic E-state index is 0.118. The Morgan fingerprint density at radius 3 is 2.14 bits per heavy atom. The second-order valence-corrected chi connectivity index (χ2v) is 9.38. The van der Waals surface area contributed by atoms with E-state index in [4.69, 9.17) is 4.74 Å². The molecule has 0 bridgehead atoms. The van der Waals surface area contributed by atoms with Gasteiger partial charge in [-0.3, -0.25) is 14.5 Å². The summed E-state index contributed by atoms with van der Waals surface area (Å²) in [6, 6.07) is 25.4. The molecule has 5 rings (SSSR count). The minimum atomic E-state index is -0.782. The van der Waals surface area contributed by atoms with Crippen molar-refractivity contribution in [2.24, 2.45) is 5.92 Å². The number of nitrogens with zero attached hydrogens (tertiary/aromatic N) is 1. The van der Waals surface area contributed by atoms with Gasteiger partial charge in [0.1, 0.15) is 0 Å². The maximum atomic E-state index is 13.3. The van der Waals surface area contributed by atoms with Crippen molar-refractivity contribution in [2.75, 3.05) is 11.9 Å². The van der Waals surface area contributed by atoms with Crippen molar-refractivity contribution in [3.63, 3.8) is 0 Å². The quantitative estimate of drug-likeness (QED) is 0.471. The molecule has 2 N–H and O–H groups in total. The van der Waals surface area contributed by atoms with E-state index < -0.39 is 18.2 Å². The predicted octanol–water partition coefficient (Wildman–Crippen LogP) is 4.46.